The maximum absolute atomic E-state index is 4.75. The molecular formula is C22H22N6. The van der Waals surface area contributed by atoms with Crippen molar-refractivity contribution >= 4 is 34.2 Å². The summed E-state index contributed by atoms with van der Waals surface area (Å²) in [6.45, 7) is 4.20. The van der Waals surface area contributed by atoms with Crippen LogP contribution in [0, 0.1) is 13.8 Å². The number of rotatable bonds is 5. The van der Waals surface area contributed by atoms with Crippen molar-refractivity contribution in [2.75, 3.05) is 10.6 Å². The molecule has 6 nitrogen and oxygen atoms in total. The van der Waals surface area contributed by atoms with Gasteiger partial charge in [-0.15, -0.1) is 0 Å². The van der Waals surface area contributed by atoms with E-state index in [1.54, 1.807) is 0 Å². The summed E-state index contributed by atoms with van der Waals surface area (Å²) >= 11 is 0. The van der Waals surface area contributed by atoms with Crippen LogP contribution in [0.5, 0.6) is 0 Å². The lowest BCUT2D eigenvalue weighted by Gasteiger charge is -2.13. The van der Waals surface area contributed by atoms with E-state index in [-0.39, 0.29) is 0 Å². The Labute approximate surface area is 163 Å². The van der Waals surface area contributed by atoms with E-state index >= 15 is 0 Å². The highest BCUT2D eigenvalue weighted by Crippen LogP contribution is 2.39. The monoisotopic (exact) mass is 370 g/mol. The van der Waals surface area contributed by atoms with Gasteiger partial charge in [-0.1, -0.05) is 24.3 Å². The summed E-state index contributed by atoms with van der Waals surface area (Å²) in [5.74, 6) is 2.78. The predicted molar refractivity (Wildman–Crippen MR) is 113 cm³/mol. The van der Waals surface area contributed by atoms with E-state index in [2.05, 4.69) is 46.8 Å². The SMILES string of the molecule is Cc1cccc(Nc2nc(Nc3cc(C4CC4)n[nH]3)c3ccccc3n2)c1C. The number of para-hydroxylation sites is 1. The van der Waals surface area contributed by atoms with Crippen LogP contribution in [0.3, 0.4) is 0 Å². The highest BCUT2D eigenvalue weighted by Gasteiger charge is 2.26. The largest absolute Gasteiger partial charge is 0.325 e. The molecule has 0 bridgehead atoms. The molecule has 2 heterocycles. The van der Waals surface area contributed by atoms with Crippen LogP contribution in [0.15, 0.2) is 48.5 Å². The second-order valence-corrected chi connectivity index (χ2v) is 7.39. The van der Waals surface area contributed by atoms with Crippen molar-refractivity contribution in [1.29, 1.82) is 0 Å². The second kappa shape index (κ2) is 6.64. The van der Waals surface area contributed by atoms with Gasteiger partial charge in [-0.3, -0.25) is 5.10 Å². The van der Waals surface area contributed by atoms with E-state index in [1.807, 2.05) is 36.4 Å². The Bertz CT molecular complexity index is 1160. The van der Waals surface area contributed by atoms with Gasteiger partial charge in [-0.25, -0.2) is 4.98 Å². The molecule has 5 rings (SSSR count). The third kappa shape index (κ3) is 3.17. The minimum absolute atomic E-state index is 0.567. The zero-order chi connectivity index (χ0) is 19.1. The molecule has 2 aromatic heterocycles. The molecule has 0 spiro atoms. The predicted octanol–water partition coefficient (Wildman–Crippen LogP) is 5.33. The molecule has 1 saturated carbocycles. The zero-order valence-electron chi connectivity index (χ0n) is 16.0. The van der Waals surface area contributed by atoms with Crippen molar-refractivity contribution in [2.45, 2.75) is 32.6 Å². The van der Waals surface area contributed by atoms with Crippen LogP contribution in [0.25, 0.3) is 10.9 Å². The third-order valence-electron chi connectivity index (χ3n) is 5.30. The van der Waals surface area contributed by atoms with Crippen molar-refractivity contribution in [3.05, 3.63) is 65.4 Å². The summed E-state index contributed by atoms with van der Waals surface area (Å²) < 4.78 is 0. The van der Waals surface area contributed by atoms with Gasteiger partial charge in [0.25, 0.3) is 0 Å². The van der Waals surface area contributed by atoms with E-state index < -0.39 is 0 Å². The molecule has 28 heavy (non-hydrogen) atoms. The molecule has 0 saturated heterocycles. The molecule has 140 valence electrons. The molecule has 4 aromatic rings. The first-order valence-corrected chi connectivity index (χ1v) is 9.60. The van der Waals surface area contributed by atoms with Crippen molar-refractivity contribution in [1.82, 2.24) is 20.2 Å². The van der Waals surface area contributed by atoms with Gasteiger partial charge in [-0.05, 0) is 56.0 Å². The first kappa shape index (κ1) is 16.7. The average Bonchev–Trinajstić information content (AvgIpc) is 3.45. The maximum atomic E-state index is 4.75. The molecule has 1 aliphatic rings. The van der Waals surface area contributed by atoms with Gasteiger partial charge in [0.1, 0.15) is 11.6 Å². The number of aryl methyl sites for hydroxylation is 1. The fraction of sp³-hybridized carbons (Fsp3) is 0.227. The molecule has 0 amide bonds. The maximum Gasteiger partial charge on any atom is 0.229 e. The summed E-state index contributed by atoms with van der Waals surface area (Å²) in [5.41, 5.74) is 5.44. The Hall–Kier alpha value is -3.41. The van der Waals surface area contributed by atoms with Crippen molar-refractivity contribution in [2.24, 2.45) is 0 Å². The molecule has 0 atom stereocenters. The number of H-pyrrole nitrogens is 1. The molecule has 6 heteroatoms. The van der Waals surface area contributed by atoms with E-state index in [9.17, 15) is 0 Å². The lowest BCUT2D eigenvalue weighted by atomic mass is 10.1. The number of hydrogen-bond donors (Lipinski definition) is 3. The van der Waals surface area contributed by atoms with Crippen LogP contribution in [-0.4, -0.2) is 20.2 Å². The number of aromatic nitrogens is 4. The number of benzene rings is 2. The first-order chi connectivity index (χ1) is 13.7. The Morgan fingerprint density at radius 3 is 2.68 bits per heavy atom. The standard InChI is InChI=1S/C22H22N6/c1-13-6-5-9-17(14(13)2)23-22-24-18-8-4-3-7-16(18)21(26-22)25-20-12-19(27-28-20)15-10-11-15/h3-9,12,15H,10-11H2,1-2H3,(H3,23,24,25,26,27,28). The van der Waals surface area contributed by atoms with Crippen molar-refractivity contribution < 1.29 is 0 Å². The minimum Gasteiger partial charge on any atom is -0.325 e. The molecule has 0 unspecified atom stereocenters. The van der Waals surface area contributed by atoms with E-state index in [0.29, 0.717) is 11.9 Å². The molecule has 1 fully saturated rings. The number of nitrogens with one attached hydrogen (secondary N) is 3. The Balaban J connectivity index is 1.52. The molecule has 3 N–H and O–H groups in total. The van der Waals surface area contributed by atoms with Gasteiger partial charge in [0, 0.05) is 23.1 Å². The Morgan fingerprint density at radius 2 is 1.82 bits per heavy atom. The fourth-order valence-corrected chi connectivity index (χ4v) is 3.35. The highest BCUT2D eigenvalue weighted by atomic mass is 15.2. The van der Waals surface area contributed by atoms with Crippen molar-refractivity contribution in [3.63, 3.8) is 0 Å². The summed E-state index contributed by atoms with van der Waals surface area (Å²) in [7, 11) is 0. The summed E-state index contributed by atoms with van der Waals surface area (Å²) in [4.78, 5) is 9.45. The smallest absolute Gasteiger partial charge is 0.229 e. The quantitative estimate of drug-likeness (QED) is 0.442. The van der Waals surface area contributed by atoms with E-state index in [0.717, 1.165) is 33.9 Å². The third-order valence-corrected chi connectivity index (χ3v) is 5.30. The summed E-state index contributed by atoms with van der Waals surface area (Å²) in [6, 6.07) is 16.3. The van der Waals surface area contributed by atoms with Gasteiger partial charge in [-0.2, -0.15) is 10.1 Å². The fourth-order valence-electron chi connectivity index (χ4n) is 3.35. The van der Waals surface area contributed by atoms with E-state index in [1.165, 1.54) is 24.0 Å². The molecule has 0 radical (unpaired) electrons. The second-order valence-electron chi connectivity index (χ2n) is 7.39. The van der Waals surface area contributed by atoms with Gasteiger partial charge >= 0.3 is 0 Å². The van der Waals surface area contributed by atoms with Gasteiger partial charge in [0.2, 0.25) is 5.95 Å². The van der Waals surface area contributed by atoms with Gasteiger partial charge in [0.15, 0.2) is 0 Å². The first-order valence-electron chi connectivity index (χ1n) is 9.60. The van der Waals surface area contributed by atoms with Crippen molar-refractivity contribution in [3.8, 4) is 0 Å². The zero-order valence-corrected chi connectivity index (χ0v) is 16.0. The average molecular weight is 370 g/mol. The lowest BCUT2D eigenvalue weighted by Crippen LogP contribution is -2.03. The highest BCUT2D eigenvalue weighted by molar-refractivity contribution is 5.91. The Kier molecular flexibility index (Phi) is 3.97. The molecular weight excluding hydrogens is 348 g/mol. The molecule has 0 aliphatic heterocycles. The van der Waals surface area contributed by atoms with Crippen LogP contribution in [0.1, 0.15) is 35.6 Å². The van der Waals surface area contributed by atoms with Crippen LogP contribution in [0.4, 0.5) is 23.3 Å². The van der Waals surface area contributed by atoms with Crippen LogP contribution in [-0.2, 0) is 0 Å². The molecule has 1 aliphatic carbocycles. The minimum atomic E-state index is 0.567. The van der Waals surface area contributed by atoms with Gasteiger partial charge in [0.05, 0.1) is 11.2 Å². The topological polar surface area (TPSA) is 78.5 Å². The van der Waals surface area contributed by atoms with Crippen LogP contribution < -0.4 is 10.6 Å². The number of hydrogen-bond acceptors (Lipinski definition) is 5. The molecule has 2 aromatic carbocycles. The van der Waals surface area contributed by atoms with Crippen LogP contribution >= 0.6 is 0 Å². The lowest BCUT2D eigenvalue weighted by molar-refractivity contribution is 0.966. The number of fused-ring (bicyclic) bond motifs is 1. The normalized spacial score (nSPS) is 13.6. The summed E-state index contributed by atoms with van der Waals surface area (Å²) in [6.07, 6.45) is 2.45. The number of nitrogens with zero attached hydrogens (tertiary/aromatic N) is 3. The number of anilines is 4. The van der Waals surface area contributed by atoms with Gasteiger partial charge < -0.3 is 10.6 Å². The van der Waals surface area contributed by atoms with E-state index in [4.69, 9.17) is 9.97 Å². The Morgan fingerprint density at radius 1 is 0.964 bits per heavy atom. The summed E-state index contributed by atoms with van der Waals surface area (Å²) in [5, 5.41) is 15.2. The van der Waals surface area contributed by atoms with Crippen LogP contribution in [0.2, 0.25) is 0 Å². The number of aromatic amines is 1.